The Morgan fingerprint density at radius 2 is 1.75 bits per heavy atom. The van der Waals surface area contributed by atoms with Crippen molar-refractivity contribution in [1.29, 1.82) is 0 Å². The van der Waals surface area contributed by atoms with Gasteiger partial charge in [0.1, 0.15) is 0 Å². The Hall–Kier alpha value is -0.860. The Labute approximate surface area is 124 Å². The first-order valence-electron chi connectivity index (χ1n) is 8.34. The van der Waals surface area contributed by atoms with Crippen LogP contribution < -0.4 is 5.32 Å². The lowest BCUT2D eigenvalue weighted by Crippen LogP contribution is -2.40. The minimum absolute atomic E-state index is 0.615. The molecule has 0 amide bonds. The molecule has 112 valence electrons. The van der Waals surface area contributed by atoms with Gasteiger partial charge in [-0.15, -0.1) is 0 Å². The van der Waals surface area contributed by atoms with Gasteiger partial charge in [-0.1, -0.05) is 43.2 Å². The summed E-state index contributed by atoms with van der Waals surface area (Å²) in [5, 5.41) is 3.68. The minimum Gasteiger partial charge on any atom is -0.313 e. The van der Waals surface area contributed by atoms with Crippen molar-refractivity contribution in [3.05, 3.63) is 35.9 Å². The molecule has 1 aliphatic rings. The average molecular weight is 274 g/mol. The van der Waals surface area contributed by atoms with E-state index in [-0.39, 0.29) is 0 Å². The Kier molecular flexibility index (Phi) is 7.10. The molecule has 1 aromatic rings. The second-order valence-corrected chi connectivity index (χ2v) is 6.16. The summed E-state index contributed by atoms with van der Waals surface area (Å²) in [5.74, 6) is 0. The number of rotatable bonds is 7. The van der Waals surface area contributed by atoms with E-state index in [4.69, 9.17) is 0 Å². The summed E-state index contributed by atoms with van der Waals surface area (Å²) in [6.07, 6.45) is 8.05. The number of hydrogen-bond acceptors (Lipinski definition) is 2. The Bertz CT molecular complexity index is 342. The molecule has 0 spiro atoms. The maximum Gasteiger partial charge on any atom is 0.0166 e. The van der Waals surface area contributed by atoms with Crippen molar-refractivity contribution < 1.29 is 0 Å². The zero-order valence-electron chi connectivity index (χ0n) is 13.0. The highest BCUT2D eigenvalue weighted by Gasteiger charge is 2.11. The fourth-order valence-corrected chi connectivity index (χ4v) is 3.06. The first-order chi connectivity index (χ1) is 9.84. The monoisotopic (exact) mass is 274 g/mol. The third-order valence-corrected chi connectivity index (χ3v) is 4.21. The molecule has 1 unspecified atom stereocenters. The molecule has 1 aliphatic heterocycles. The topological polar surface area (TPSA) is 15.3 Å². The summed E-state index contributed by atoms with van der Waals surface area (Å²) in [4.78, 5) is 2.64. The zero-order chi connectivity index (χ0) is 14.0. The highest BCUT2D eigenvalue weighted by atomic mass is 15.1. The van der Waals surface area contributed by atoms with Crippen LogP contribution in [0.5, 0.6) is 0 Å². The molecule has 2 rings (SSSR count). The maximum atomic E-state index is 3.68. The van der Waals surface area contributed by atoms with E-state index in [1.165, 1.54) is 63.7 Å². The van der Waals surface area contributed by atoms with Crippen molar-refractivity contribution >= 4 is 0 Å². The van der Waals surface area contributed by atoms with E-state index in [0.29, 0.717) is 6.04 Å². The van der Waals surface area contributed by atoms with Gasteiger partial charge in [0.25, 0.3) is 0 Å². The van der Waals surface area contributed by atoms with Gasteiger partial charge in [0, 0.05) is 12.6 Å². The van der Waals surface area contributed by atoms with Crippen molar-refractivity contribution in [2.24, 2.45) is 0 Å². The van der Waals surface area contributed by atoms with Crippen LogP contribution in [0.15, 0.2) is 30.3 Å². The largest absolute Gasteiger partial charge is 0.313 e. The van der Waals surface area contributed by atoms with Crippen LogP contribution in [0.1, 0.15) is 44.6 Å². The van der Waals surface area contributed by atoms with Crippen molar-refractivity contribution in [2.75, 3.05) is 26.2 Å². The summed E-state index contributed by atoms with van der Waals surface area (Å²) in [5.41, 5.74) is 1.45. The van der Waals surface area contributed by atoms with Crippen LogP contribution in [-0.4, -0.2) is 37.1 Å². The normalized spacial score (nSPS) is 18.6. The van der Waals surface area contributed by atoms with E-state index in [9.17, 15) is 0 Å². The molecule has 1 N–H and O–H groups in total. The lowest BCUT2D eigenvalue weighted by Gasteiger charge is -2.24. The van der Waals surface area contributed by atoms with E-state index < -0.39 is 0 Å². The van der Waals surface area contributed by atoms with Gasteiger partial charge in [0.2, 0.25) is 0 Å². The molecule has 0 aliphatic carbocycles. The molecule has 2 nitrogen and oxygen atoms in total. The van der Waals surface area contributed by atoms with Gasteiger partial charge >= 0.3 is 0 Å². The maximum absolute atomic E-state index is 3.68. The summed E-state index contributed by atoms with van der Waals surface area (Å²) < 4.78 is 0. The summed E-state index contributed by atoms with van der Waals surface area (Å²) in [6, 6.07) is 11.4. The van der Waals surface area contributed by atoms with Crippen molar-refractivity contribution in [3.8, 4) is 0 Å². The van der Waals surface area contributed by atoms with Crippen LogP contribution in [0.2, 0.25) is 0 Å². The predicted octanol–water partition coefficient (Wildman–Crippen LogP) is 3.47. The molecular weight excluding hydrogens is 244 g/mol. The Morgan fingerprint density at radius 1 is 1.05 bits per heavy atom. The molecule has 0 bridgehead atoms. The van der Waals surface area contributed by atoms with E-state index in [2.05, 4.69) is 47.5 Å². The fourth-order valence-electron chi connectivity index (χ4n) is 3.06. The number of likely N-dealkylation sites (tertiary alicyclic amines) is 1. The van der Waals surface area contributed by atoms with Crippen LogP contribution in [0, 0.1) is 0 Å². The van der Waals surface area contributed by atoms with E-state index in [0.717, 1.165) is 6.54 Å². The van der Waals surface area contributed by atoms with E-state index >= 15 is 0 Å². The molecule has 1 atom stereocenters. The SMILES string of the molecule is CC(CN1CCCCCC1)NCCCc1ccccc1. The van der Waals surface area contributed by atoms with Crippen LogP contribution in [-0.2, 0) is 6.42 Å². The van der Waals surface area contributed by atoms with Crippen molar-refractivity contribution in [2.45, 2.75) is 51.5 Å². The van der Waals surface area contributed by atoms with Gasteiger partial charge in [-0.05, 0) is 57.8 Å². The molecule has 1 heterocycles. The molecule has 0 saturated carbocycles. The molecule has 1 saturated heterocycles. The first kappa shape index (κ1) is 15.5. The first-order valence-corrected chi connectivity index (χ1v) is 8.34. The molecular formula is C18H30N2. The van der Waals surface area contributed by atoms with Gasteiger partial charge in [-0.3, -0.25) is 0 Å². The average Bonchev–Trinajstić information content (AvgIpc) is 2.73. The number of benzene rings is 1. The molecule has 0 radical (unpaired) electrons. The smallest absolute Gasteiger partial charge is 0.0166 e. The van der Waals surface area contributed by atoms with E-state index in [1.54, 1.807) is 0 Å². The van der Waals surface area contributed by atoms with Crippen LogP contribution in [0.4, 0.5) is 0 Å². The summed E-state index contributed by atoms with van der Waals surface area (Å²) >= 11 is 0. The summed E-state index contributed by atoms with van der Waals surface area (Å²) in [7, 11) is 0. The molecule has 1 fully saturated rings. The highest BCUT2D eigenvalue weighted by molar-refractivity contribution is 5.14. The number of nitrogens with zero attached hydrogens (tertiary/aromatic N) is 1. The van der Waals surface area contributed by atoms with Gasteiger partial charge in [0.15, 0.2) is 0 Å². The Balaban J connectivity index is 1.56. The van der Waals surface area contributed by atoms with Gasteiger partial charge < -0.3 is 10.2 Å². The molecule has 0 aromatic heterocycles. The Morgan fingerprint density at radius 3 is 2.45 bits per heavy atom. The standard InChI is InChI=1S/C18H30N2/c1-17(16-20-14-7-2-3-8-15-20)19-13-9-12-18-10-5-4-6-11-18/h4-6,10-11,17,19H,2-3,7-9,12-16H2,1H3. The lowest BCUT2D eigenvalue weighted by atomic mass is 10.1. The fraction of sp³-hybridized carbons (Fsp3) is 0.667. The van der Waals surface area contributed by atoms with Crippen LogP contribution in [0.3, 0.4) is 0 Å². The summed E-state index contributed by atoms with van der Waals surface area (Å²) in [6.45, 7) is 7.27. The number of nitrogens with one attached hydrogen (secondary N) is 1. The third-order valence-electron chi connectivity index (χ3n) is 4.21. The highest BCUT2D eigenvalue weighted by Crippen LogP contribution is 2.09. The van der Waals surface area contributed by atoms with Crippen molar-refractivity contribution in [1.82, 2.24) is 10.2 Å². The third kappa shape index (κ3) is 6.06. The second-order valence-electron chi connectivity index (χ2n) is 6.16. The molecule has 1 aromatic carbocycles. The predicted molar refractivity (Wildman–Crippen MR) is 87.1 cm³/mol. The quantitative estimate of drug-likeness (QED) is 0.766. The van der Waals surface area contributed by atoms with Crippen LogP contribution >= 0.6 is 0 Å². The lowest BCUT2D eigenvalue weighted by molar-refractivity contribution is 0.256. The number of aryl methyl sites for hydroxylation is 1. The van der Waals surface area contributed by atoms with Crippen LogP contribution in [0.25, 0.3) is 0 Å². The molecule has 2 heteroatoms. The van der Waals surface area contributed by atoms with Gasteiger partial charge in [0.05, 0.1) is 0 Å². The van der Waals surface area contributed by atoms with Gasteiger partial charge in [-0.2, -0.15) is 0 Å². The van der Waals surface area contributed by atoms with Crippen molar-refractivity contribution in [3.63, 3.8) is 0 Å². The van der Waals surface area contributed by atoms with E-state index in [1.807, 2.05) is 0 Å². The minimum atomic E-state index is 0.615. The van der Waals surface area contributed by atoms with Gasteiger partial charge in [-0.25, -0.2) is 0 Å². The number of hydrogen-bond donors (Lipinski definition) is 1. The molecule has 20 heavy (non-hydrogen) atoms. The zero-order valence-corrected chi connectivity index (χ0v) is 13.0. The second kappa shape index (κ2) is 9.15.